The van der Waals surface area contributed by atoms with E-state index in [-0.39, 0.29) is 11.4 Å². The number of nitrogens with one attached hydrogen (secondary N) is 1. The molecule has 1 aromatic heterocycles. The van der Waals surface area contributed by atoms with E-state index in [4.69, 9.17) is 0 Å². The van der Waals surface area contributed by atoms with Crippen molar-refractivity contribution in [2.75, 3.05) is 5.32 Å². The number of hydrogen-bond acceptors (Lipinski definition) is 3. The molecule has 0 atom stereocenters. The highest BCUT2D eigenvalue weighted by molar-refractivity contribution is 6.05. The van der Waals surface area contributed by atoms with Gasteiger partial charge in [-0.05, 0) is 31.5 Å². The minimum Gasteiger partial charge on any atom is -0.433 e. The first-order valence-electron chi connectivity index (χ1n) is 6.24. The molecule has 0 aliphatic carbocycles. The van der Waals surface area contributed by atoms with Crippen molar-refractivity contribution >= 4 is 11.6 Å². The molecule has 0 aliphatic heterocycles. The highest BCUT2D eigenvalue weighted by Gasteiger charge is 2.16. The Kier molecular flexibility index (Phi) is 4.21. The molecular formula is C14H15F2N3O2. The van der Waals surface area contributed by atoms with Crippen LogP contribution in [0.5, 0.6) is 5.75 Å². The van der Waals surface area contributed by atoms with Crippen molar-refractivity contribution in [3.8, 4) is 5.75 Å². The summed E-state index contributed by atoms with van der Waals surface area (Å²) in [5, 5.41) is 6.55. The number of aromatic nitrogens is 2. The van der Waals surface area contributed by atoms with Gasteiger partial charge in [-0.15, -0.1) is 0 Å². The number of nitrogens with zero attached hydrogens (tertiary/aromatic N) is 2. The number of aryl methyl sites for hydroxylation is 2. The fraction of sp³-hybridized carbons (Fsp3) is 0.286. The summed E-state index contributed by atoms with van der Waals surface area (Å²) in [5.74, 6) is -0.504. The van der Waals surface area contributed by atoms with Crippen molar-refractivity contribution < 1.29 is 18.3 Å². The van der Waals surface area contributed by atoms with E-state index in [1.54, 1.807) is 37.7 Å². The van der Waals surface area contributed by atoms with Gasteiger partial charge >= 0.3 is 6.61 Å². The summed E-state index contributed by atoms with van der Waals surface area (Å²) in [7, 11) is 1.71. The summed E-state index contributed by atoms with van der Waals surface area (Å²) >= 11 is 0. The molecule has 1 N–H and O–H groups in total. The van der Waals surface area contributed by atoms with Crippen molar-refractivity contribution in [1.29, 1.82) is 0 Å². The Morgan fingerprint density at radius 1 is 1.38 bits per heavy atom. The van der Waals surface area contributed by atoms with E-state index in [1.165, 1.54) is 12.3 Å². The quantitative estimate of drug-likeness (QED) is 0.943. The fourth-order valence-electron chi connectivity index (χ4n) is 1.85. The molecule has 21 heavy (non-hydrogen) atoms. The average Bonchev–Trinajstić information content (AvgIpc) is 2.73. The van der Waals surface area contributed by atoms with Gasteiger partial charge in [0.2, 0.25) is 0 Å². The smallest absolute Gasteiger partial charge is 0.387 e. The summed E-state index contributed by atoms with van der Waals surface area (Å²) in [6.45, 7) is 0.578. The number of amides is 1. The van der Waals surface area contributed by atoms with Gasteiger partial charge < -0.3 is 10.1 Å². The lowest BCUT2D eigenvalue weighted by Gasteiger charge is -2.12. The van der Waals surface area contributed by atoms with Crippen LogP contribution >= 0.6 is 0 Å². The molecule has 1 aromatic carbocycles. The molecule has 1 amide bonds. The predicted molar refractivity (Wildman–Crippen MR) is 73.7 cm³/mol. The minimum absolute atomic E-state index is 0.0782. The van der Waals surface area contributed by atoms with Gasteiger partial charge in [0.15, 0.2) is 0 Å². The van der Waals surface area contributed by atoms with E-state index in [2.05, 4.69) is 15.2 Å². The molecule has 2 rings (SSSR count). The van der Waals surface area contributed by atoms with Crippen molar-refractivity contribution in [2.45, 2.75) is 20.5 Å². The van der Waals surface area contributed by atoms with Crippen LogP contribution in [-0.4, -0.2) is 22.3 Å². The lowest BCUT2D eigenvalue weighted by atomic mass is 10.2. The highest BCUT2D eigenvalue weighted by Crippen LogP contribution is 2.28. The number of carbonyl (C=O) groups is 1. The molecule has 0 saturated heterocycles. The van der Waals surface area contributed by atoms with E-state index in [9.17, 15) is 13.6 Å². The number of hydrogen-bond donors (Lipinski definition) is 1. The van der Waals surface area contributed by atoms with E-state index in [1.807, 2.05) is 0 Å². The Balaban J connectivity index is 2.28. The van der Waals surface area contributed by atoms with Crippen LogP contribution in [0, 0.1) is 13.8 Å². The Morgan fingerprint density at radius 2 is 2.10 bits per heavy atom. The van der Waals surface area contributed by atoms with Crippen LogP contribution < -0.4 is 10.1 Å². The SMILES string of the molecule is Cc1ccc(OC(F)F)c(NC(=O)c2cnn(C)c2C)c1. The maximum atomic E-state index is 12.4. The number of alkyl halides is 2. The van der Waals surface area contributed by atoms with Crippen LogP contribution in [0.25, 0.3) is 0 Å². The summed E-state index contributed by atoms with van der Waals surface area (Å²) in [6, 6.07) is 4.59. The maximum Gasteiger partial charge on any atom is 0.387 e. The zero-order chi connectivity index (χ0) is 15.6. The van der Waals surface area contributed by atoms with Gasteiger partial charge in [-0.1, -0.05) is 6.07 Å². The lowest BCUT2D eigenvalue weighted by molar-refractivity contribution is -0.0493. The number of benzene rings is 1. The van der Waals surface area contributed by atoms with Crippen molar-refractivity contribution in [3.63, 3.8) is 0 Å². The van der Waals surface area contributed by atoms with Gasteiger partial charge in [-0.3, -0.25) is 9.48 Å². The molecule has 0 saturated carbocycles. The topological polar surface area (TPSA) is 56.1 Å². The van der Waals surface area contributed by atoms with E-state index >= 15 is 0 Å². The monoisotopic (exact) mass is 295 g/mol. The summed E-state index contributed by atoms with van der Waals surface area (Å²) in [4.78, 5) is 12.2. The molecule has 0 spiro atoms. The van der Waals surface area contributed by atoms with Gasteiger partial charge in [0.1, 0.15) is 5.75 Å². The highest BCUT2D eigenvalue weighted by atomic mass is 19.3. The van der Waals surface area contributed by atoms with Crippen LogP contribution in [-0.2, 0) is 7.05 Å². The second-order valence-electron chi connectivity index (χ2n) is 4.60. The number of ether oxygens (including phenoxy) is 1. The molecular weight excluding hydrogens is 280 g/mol. The predicted octanol–water partition coefficient (Wildman–Crippen LogP) is 2.89. The summed E-state index contributed by atoms with van der Waals surface area (Å²) in [5.41, 5.74) is 2.07. The molecule has 112 valence electrons. The lowest BCUT2D eigenvalue weighted by Crippen LogP contribution is -2.15. The molecule has 0 radical (unpaired) electrons. The zero-order valence-electron chi connectivity index (χ0n) is 11.9. The maximum absolute atomic E-state index is 12.4. The third kappa shape index (κ3) is 3.36. The third-order valence-electron chi connectivity index (χ3n) is 3.08. The Morgan fingerprint density at radius 3 is 2.67 bits per heavy atom. The summed E-state index contributed by atoms with van der Waals surface area (Å²) < 4.78 is 30.7. The molecule has 2 aromatic rings. The van der Waals surface area contributed by atoms with Crippen molar-refractivity contribution in [2.24, 2.45) is 7.05 Å². The molecule has 0 unspecified atom stereocenters. The first kappa shape index (κ1) is 15.0. The van der Waals surface area contributed by atoms with Crippen LogP contribution in [0.3, 0.4) is 0 Å². The molecule has 7 heteroatoms. The molecule has 0 bridgehead atoms. The minimum atomic E-state index is -2.96. The number of rotatable bonds is 4. The zero-order valence-corrected chi connectivity index (χ0v) is 11.9. The van der Waals surface area contributed by atoms with Gasteiger partial charge in [-0.25, -0.2) is 0 Å². The first-order valence-corrected chi connectivity index (χ1v) is 6.24. The molecule has 5 nitrogen and oxygen atoms in total. The fourth-order valence-corrected chi connectivity index (χ4v) is 1.85. The number of carbonyl (C=O) groups excluding carboxylic acids is 1. The normalized spacial score (nSPS) is 10.8. The van der Waals surface area contributed by atoms with Crippen LogP contribution in [0.15, 0.2) is 24.4 Å². The van der Waals surface area contributed by atoms with Gasteiger partial charge in [0.25, 0.3) is 5.91 Å². The van der Waals surface area contributed by atoms with Crippen LogP contribution in [0.1, 0.15) is 21.6 Å². The standard InChI is InChI=1S/C14H15F2N3O2/c1-8-4-5-12(21-14(15)16)11(6-8)18-13(20)10-7-17-19(3)9(10)2/h4-7,14H,1-3H3,(H,18,20). The number of anilines is 1. The Labute approximate surface area is 120 Å². The molecule has 0 aliphatic rings. The first-order chi connectivity index (χ1) is 9.88. The van der Waals surface area contributed by atoms with E-state index < -0.39 is 12.5 Å². The largest absolute Gasteiger partial charge is 0.433 e. The van der Waals surface area contributed by atoms with Crippen molar-refractivity contribution in [3.05, 3.63) is 41.2 Å². The average molecular weight is 295 g/mol. The van der Waals surface area contributed by atoms with Gasteiger partial charge in [-0.2, -0.15) is 13.9 Å². The van der Waals surface area contributed by atoms with Gasteiger partial charge in [0, 0.05) is 12.7 Å². The van der Waals surface area contributed by atoms with Gasteiger partial charge in [0.05, 0.1) is 17.4 Å². The van der Waals surface area contributed by atoms with Crippen LogP contribution in [0.2, 0.25) is 0 Å². The Hall–Kier alpha value is -2.44. The second-order valence-corrected chi connectivity index (χ2v) is 4.60. The van der Waals surface area contributed by atoms with E-state index in [0.717, 1.165) is 5.56 Å². The second kappa shape index (κ2) is 5.90. The number of halogens is 2. The van der Waals surface area contributed by atoms with E-state index in [0.29, 0.717) is 11.3 Å². The third-order valence-corrected chi connectivity index (χ3v) is 3.08. The molecule has 0 fully saturated rings. The van der Waals surface area contributed by atoms with Crippen LogP contribution in [0.4, 0.5) is 14.5 Å². The summed E-state index contributed by atoms with van der Waals surface area (Å²) in [6.07, 6.45) is 1.42. The molecule has 1 heterocycles. The Bertz CT molecular complexity index is 668. The van der Waals surface area contributed by atoms with Crippen molar-refractivity contribution in [1.82, 2.24) is 9.78 Å².